The first-order valence-corrected chi connectivity index (χ1v) is 3.96. The lowest BCUT2D eigenvalue weighted by molar-refractivity contribution is -0.352. The second-order valence-electron chi connectivity index (χ2n) is 3.82. The van der Waals surface area contributed by atoms with Crippen LogP contribution >= 0.6 is 0 Å². The fourth-order valence-corrected chi connectivity index (χ4v) is 0.407. The highest BCUT2D eigenvalue weighted by Gasteiger charge is 2.10. The Morgan fingerprint density at radius 2 is 1.82 bits per heavy atom. The van der Waals surface area contributed by atoms with Gasteiger partial charge in [-0.3, -0.25) is 5.32 Å². The van der Waals surface area contributed by atoms with Gasteiger partial charge in [-0.2, -0.15) is 0 Å². The average Bonchev–Trinajstić information content (AvgIpc) is 1.78. The van der Waals surface area contributed by atoms with Crippen molar-refractivity contribution in [2.24, 2.45) is 0 Å². The van der Waals surface area contributed by atoms with Crippen LogP contribution in [0.2, 0.25) is 0 Å². The Bertz CT molecular complexity index is 96.8. The molecule has 11 heavy (non-hydrogen) atoms. The van der Waals surface area contributed by atoms with E-state index >= 15 is 0 Å². The van der Waals surface area contributed by atoms with Crippen LogP contribution in [0.15, 0.2) is 0 Å². The molecular formula is C8H19NO2. The lowest BCUT2D eigenvalue weighted by Crippen LogP contribution is -2.28. The first-order chi connectivity index (χ1) is 4.92. The van der Waals surface area contributed by atoms with E-state index in [1.165, 1.54) is 0 Å². The van der Waals surface area contributed by atoms with Gasteiger partial charge in [0.2, 0.25) is 0 Å². The quantitative estimate of drug-likeness (QED) is 0.294. The molecule has 0 fully saturated rings. The van der Waals surface area contributed by atoms with Crippen molar-refractivity contribution in [3.8, 4) is 0 Å². The van der Waals surface area contributed by atoms with Crippen LogP contribution in [0.5, 0.6) is 0 Å². The summed E-state index contributed by atoms with van der Waals surface area (Å²) in [6, 6.07) is 0.429. The van der Waals surface area contributed by atoms with Gasteiger partial charge in [0.05, 0.1) is 5.60 Å². The third-order valence-corrected chi connectivity index (χ3v) is 0.859. The van der Waals surface area contributed by atoms with Gasteiger partial charge < -0.3 is 0 Å². The summed E-state index contributed by atoms with van der Waals surface area (Å²) in [6.07, 6.45) is 0. The van der Waals surface area contributed by atoms with Gasteiger partial charge in [0.15, 0.2) is 0 Å². The minimum atomic E-state index is -0.224. The molecule has 0 aliphatic heterocycles. The summed E-state index contributed by atoms with van der Waals surface area (Å²) < 4.78 is 0. The van der Waals surface area contributed by atoms with E-state index in [0.717, 1.165) is 0 Å². The molecule has 0 bridgehead atoms. The third-order valence-electron chi connectivity index (χ3n) is 0.859. The predicted octanol–water partition coefficient (Wildman–Crippen LogP) is 1.69. The van der Waals surface area contributed by atoms with E-state index in [4.69, 9.17) is 9.78 Å². The van der Waals surface area contributed by atoms with Crippen LogP contribution in [0, 0.1) is 0 Å². The third kappa shape index (κ3) is 9.88. The second kappa shape index (κ2) is 4.70. The Morgan fingerprint density at radius 1 is 1.27 bits per heavy atom. The molecule has 0 aromatic rings. The smallest absolute Gasteiger partial charge is 0.133 e. The molecule has 0 aromatic heterocycles. The summed E-state index contributed by atoms with van der Waals surface area (Å²) in [4.78, 5) is 9.91. The van der Waals surface area contributed by atoms with Crippen molar-refractivity contribution in [3.05, 3.63) is 0 Å². The van der Waals surface area contributed by atoms with Crippen molar-refractivity contribution in [1.29, 1.82) is 0 Å². The van der Waals surface area contributed by atoms with Crippen molar-refractivity contribution >= 4 is 0 Å². The molecule has 0 saturated heterocycles. The van der Waals surface area contributed by atoms with E-state index in [-0.39, 0.29) is 5.60 Å². The highest BCUT2D eigenvalue weighted by molar-refractivity contribution is 4.54. The van der Waals surface area contributed by atoms with Crippen LogP contribution < -0.4 is 5.32 Å². The van der Waals surface area contributed by atoms with E-state index in [9.17, 15) is 0 Å². The Balaban J connectivity index is 3.15. The van der Waals surface area contributed by atoms with Crippen LogP contribution in [0.25, 0.3) is 0 Å². The molecule has 0 aliphatic rings. The molecule has 0 amide bonds. The number of nitrogens with one attached hydrogen (secondary N) is 1. The van der Waals surface area contributed by atoms with Crippen molar-refractivity contribution in [1.82, 2.24) is 5.32 Å². The highest BCUT2D eigenvalue weighted by Crippen LogP contribution is 2.05. The average molecular weight is 161 g/mol. The fourth-order valence-electron chi connectivity index (χ4n) is 0.407. The SMILES string of the molecule is CC(C)NCOOC(C)(C)C. The lowest BCUT2D eigenvalue weighted by Gasteiger charge is -2.18. The van der Waals surface area contributed by atoms with E-state index < -0.39 is 0 Å². The Morgan fingerprint density at radius 3 is 2.18 bits per heavy atom. The van der Waals surface area contributed by atoms with Gasteiger partial charge in [-0.15, -0.1) is 0 Å². The number of rotatable bonds is 4. The van der Waals surface area contributed by atoms with Crippen LogP contribution in [0.3, 0.4) is 0 Å². The Kier molecular flexibility index (Phi) is 4.65. The van der Waals surface area contributed by atoms with Crippen molar-refractivity contribution in [2.75, 3.05) is 6.73 Å². The number of hydrogen-bond donors (Lipinski definition) is 1. The van der Waals surface area contributed by atoms with Crippen molar-refractivity contribution in [3.63, 3.8) is 0 Å². The summed E-state index contributed by atoms with van der Waals surface area (Å²) in [5.74, 6) is 0. The van der Waals surface area contributed by atoms with Gasteiger partial charge in [0.25, 0.3) is 0 Å². The first-order valence-electron chi connectivity index (χ1n) is 3.96. The first kappa shape index (κ1) is 10.9. The molecule has 0 aromatic carbocycles. The van der Waals surface area contributed by atoms with Gasteiger partial charge in [0, 0.05) is 6.04 Å². The molecule has 0 rings (SSSR count). The molecule has 0 aliphatic carbocycles. The van der Waals surface area contributed by atoms with Gasteiger partial charge in [-0.1, -0.05) is 0 Å². The topological polar surface area (TPSA) is 30.5 Å². The molecule has 0 heterocycles. The summed E-state index contributed by atoms with van der Waals surface area (Å²) >= 11 is 0. The Hall–Kier alpha value is -0.120. The van der Waals surface area contributed by atoms with Crippen molar-refractivity contribution in [2.45, 2.75) is 46.3 Å². The van der Waals surface area contributed by atoms with Gasteiger partial charge in [-0.05, 0) is 34.6 Å². The van der Waals surface area contributed by atoms with E-state index in [0.29, 0.717) is 12.8 Å². The monoisotopic (exact) mass is 161 g/mol. The van der Waals surface area contributed by atoms with Crippen LogP contribution in [-0.4, -0.2) is 18.4 Å². The standard InChI is InChI=1S/C8H19NO2/c1-7(2)9-6-10-11-8(3,4)5/h7,9H,6H2,1-5H3. The fraction of sp³-hybridized carbons (Fsp3) is 1.00. The predicted molar refractivity (Wildman–Crippen MR) is 45.1 cm³/mol. The van der Waals surface area contributed by atoms with Crippen molar-refractivity contribution < 1.29 is 9.78 Å². The molecule has 68 valence electrons. The summed E-state index contributed by atoms with van der Waals surface area (Å²) in [5.41, 5.74) is -0.224. The minimum Gasteiger partial charge on any atom is -0.290 e. The van der Waals surface area contributed by atoms with Gasteiger partial charge in [-0.25, -0.2) is 9.78 Å². The van der Waals surface area contributed by atoms with Crippen LogP contribution in [-0.2, 0) is 9.78 Å². The van der Waals surface area contributed by atoms with Crippen LogP contribution in [0.4, 0.5) is 0 Å². The Labute approximate surface area is 69.0 Å². The maximum atomic E-state index is 5.02. The maximum Gasteiger partial charge on any atom is 0.133 e. The molecule has 0 radical (unpaired) electrons. The zero-order valence-corrected chi connectivity index (χ0v) is 8.10. The largest absolute Gasteiger partial charge is 0.290 e. The zero-order chi connectivity index (χ0) is 8.91. The zero-order valence-electron chi connectivity index (χ0n) is 8.10. The van der Waals surface area contributed by atoms with Gasteiger partial charge in [0.1, 0.15) is 6.73 Å². The normalized spacial score (nSPS) is 12.5. The lowest BCUT2D eigenvalue weighted by atomic mass is 10.2. The van der Waals surface area contributed by atoms with Crippen LogP contribution in [0.1, 0.15) is 34.6 Å². The number of hydrogen-bond acceptors (Lipinski definition) is 3. The highest BCUT2D eigenvalue weighted by atomic mass is 17.2. The maximum absolute atomic E-state index is 5.02. The molecule has 0 spiro atoms. The second-order valence-corrected chi connectivity index (χ2v) is 3.82. The summed E-state index contributed by atoms with van der Waals surface area (Å²) in [5, 5.41) is 3.07. The molecule has 0 saturated carbocycles. The summed E-state index contributed by atoms with van der Waals surface area (Å²) in [6.45, 7) is 10.4. The molecule has 0 unspecified atom stereocenters. The molecule has 3 heteroatoms. The van der Waals surface area contributed by atoms with E-state index in [1.54, 1.807) is 0 Å². The summed E-state index contributed by atoms with van der Waals surface area (Å²) in [7, 11) is 0. The molecule has 0 atom stereocenters. The molecule has 3 nitrogen and oxygen atoms in total. The van der Waals surface area contributed by atoms with E-state index in [1.807, 2.05) is 20.8 Å². The minimum absolute atomic E-state index is 0.224. The molecule has 1 N–H and O–H groups in total. The van der Waals surface area contributed by atoms with Gasteiger partial charge >= 0.3 is 0 Å². The van der Waals surface area contributed by atoms with E-state index in [2.05, 4.69) is 19.2 Å². The molecular weight excluding hydrogens is 142 g/mol.